The quantitative estimate of drug-likeness (QED) is 0.333. The van der Waals surface area contributed by atoms with E-state index < -0.39 is 23.8 Å². The number of carbonyl (C=O) groups is 4. The normalized spacial score (nSPS) is 15.0. The van der Waals surface area contributed by atoms with Crippen LogP contribution in [0.5, 0.6) is 0 Å². The molecule has 0 bridgehead atoms. The molecule has 1 heterocycles. The third-order valence-electron chi connectivity index (χ3n) is 3.06. The van der Waals surface area contributed by atoms with Gasteiger partial charge >= 0.3 is 57.4 Å². The predicted molar refractivity (Wildman–Crippen MR) is 70.2 cm³/mol. The molecule has 22 heavy (non-hydrogen) atoms. The van der Waals surface area contributed by atoms with Gasteiger partial charge in [-0.3, -0.25) is 14.5 Å². The van der Waals surface area contributed by atoms with Crippen LogP contribution in [0.4, 0.5) is 10.5 Å². The summed E-state index contributed by atoms with van der Waals surface area (Å²) in [5.41, 5.74) is -0.250. The fourth-order valence-corrected chi connectivity index (χ4v) is 1.94. The standard InChI is InChI=1S/C14H12N2O5.K/c1-3-15-11(17)8(2)12(18)16(14(15)21)10-6-4-9(5-7-10)13(19)20;/h4-7H,2-3H2,1H3,(H,19,20);/q;+1/p-1. The summed E-state index contributed by atoms with van der Waals surface area (Å²) >= 11 is 0. The Morgan fingerprint density at radius 1 is 1.14 bits per heavy atom. The summed E-state index contributed by atoms with van der Waals surface area (Å²) in [5, 5.41) is 10.7. The number of barbiturate groups is 1. The van der Waals surface area contributed by atoms with Crippen LogP contribution in [0.3, 0.4) is 0 Å². The molecule has 8 heteroatoms. The maximum atomic E-state index is 12.2. The first-order valence-corrected chi connectivity index (χ1v) is 6.09. The molecule has 0 saturated carbocycles. The molecule has 4 amide bonds. The smallest absolute Gasteiger partial charge is 0.545 e. The molecule has 0 aliphatic carbocycles. The first-order valence-electron chi connectivity index (χ1n) is 6.09. The van der Waals surface area contributed by atoms with Gasteiger partial charge in [-0.15, -0.1) is 0 Å². The minimum Gasteiger partial charge on any atom is -0.545 e. The van der Waals surface area contributed by atoms with Gasteiger partial charge in [0.1, 0.15) is 0 Å². The second kappa shape index (κ2) is 7.29. The zero-order valence-electron chi connectivity index (χ0n) is 12.2. The maximum absolute atomic E-state index is 12.2. The molecule has 1 saturated heterocycles. The number of hydrogen-bond donors (Lipinski definition) is 0. The molecule has 1 aromatic rings. The van der Waals surface area contributed by atoms with Gasteiger partial charge in [0.2, 0.25) is 0 Å². The van der Waals surface area contributed by atoms with E-state index in [1.807, 2.05) is 0 Å². The van der Waals surface area contributed by atoms with E-state index >= 15 is 0 Å². The SMILES string of the molecule is C=C1C(=O)N(CC)C(=O)N(c2ccc(C(=O)[O-])cc2)C1=O.[K+]. The molecule has 0 aromatic heterocycles. The minimum atomic E-state index is -1.37. The summed E-state index contributed by atoms with van der Waals surface area (Å²) in [6, 6.07) is 4.21. The van der Waals surface area contributed by atoms with E-state index in [0.717, 1.165) is 9.80 Å². The maximum Gasteiger partial charge on any atom is 1.00 e. The molecule has 1 aliphatic heterocycles. The van der Waals surface area contributed by atoms with Gasteiger partial charge in [-0.1, -0.05) is 18.7 Å². The summed E-state index contributed by atoms with van der Waals surface area (Å²) < 4.78 is 0. The van der Waals surface area contributed by atoms with Crippen LogP contribution in [0.25, 0.3) is 0 Å². The van der Waals surface area contributed by atoms with E-state index in [1.165, 1.54) is 24.3 Å². The molecule has 0 unspecified atom stereocenters. The van der Waals surface area contributed by atoms with E-state index in [0.29, 0.717) is 0 Å². The average Bonchev–Trinajstić information content (AvgIpc) is 2.46. The largest absolute Gasteiger partial charge is 1.00 e. The van der Waals surface area contributed by atoms with E-state index in [9.17, 15) is 24.3 Å². The van der Waals surface area contributed by atoms with Crippen molar-refractivity contribution >= 4 is 29.5 Å². The first-order chi connectivity index (χ1) is 9.88. The Bertz CT molecular complexity index is 668. The van der Waals surface area contributed by atoms with Crippen LogP contribution in [-0.4, -0.2) is 35.3 Å². The topological polar surface area (TPSA) is 97.8 Å². The molecule has 2 rings (SSSR count). The van der Waals surface area contributed by atoms with Crippen LogP contribution >= 0.6 is 0 Å². The Morgan fingerprint density at radius 2 is 1.68 bits per heavy atom. The summed E-state index contributed by atoms with van der Waals surface area (Å²) in [7, 11) is 0. The Kier molecular flexibility index (Phi) is 6.21. The molecular weight excluding hydrogens is 315 g/mol. The van der Waals surface area contributed by atoms with Crippen LogP contribution in [0.1, 0.15) is 17.3 Å². The van der Waals surface area contributed by atoms with Gasteiger partial charge in [-0.2, -0.15) is 0 Å². The second-order valence-electron chi connectivity index (χ2n) is 4.29. The molecule has 1 fully saturated rings. The fraction of sp³-hybridized carbons (Fsp3) is 0.143. The van der Waals surface area contributed by atoms with Crippen molar-refractivity contribution in [1.29, 1.82) is 0 Å². The van der Waals surface area contributed by atoms with Crippen LogP contribution in [-0.2, 0) is 9.59 Å². The van der Waals surface area contributed by atoms with E-state index in [1.54, 1.807) is 6.92 Å². The first kappa shape index (κ1) is 18.7. The molecule has 0 N–H and O–H groups in total. The Hall–Kier alpha value is -1.32. The number of carboxylic acid groups (broad SMARTS) is 1. The number of anilines is 1. The average molecular weight is 326 g/mol. The van der Waals surface area contributed by atoms with Crippen LogP contribution < -0.4 is 61.4 Å². The van der Waals surface area contributed by atoms with Gasteiger partial charge in [0.05, 0.1) is 17.2 Å². The Morgan fingerprint density at radius 3 is 2.14 bits per heavy atom. The number of benzene rings is 1. The van der Waals surface area contributed by atoms with Gasteiger partial charge in [0, 0.05) is 6.54 Å². The number of imide groups is 2. The summed E-state index contributed by atoms with van der Waals surface area (Å²) in [6.45, 7) is 5.08. The number of amides is 4. The van der Waals surface area contributed by atoms with Crippen LogP contribution in [0.15, 0.2) is 36.4 Å². The predicted octanol–water partition coefficient (Wildman–Crippen LogP) is -3.07. The van der Waals surface area contributed by atoms with Crippen molar-refractivity contribution in [1.82, 2.24) is 4.90 Å². The third kappa shape index (κ3) is 3.20. The van der Waals surface area contributed by atoms with Crippen molar-refractivity contribution in [2.45, 2.75) is 6.92 Å². The monoisotopic (exact) mass is 326 g/mol. The van der Waals surface area contributed by atoms with Crippen molar-refractivity contribution in [3.8, 4) is 0 Å². The molecule has 0 atom stereocenters. The van der Waals surface area contributed by atoms with Crippen molar-refractivity contribution in [3.63, 3.8) is 0 Å². The summed E-state index contributed by atoms with van der Waals surface area (Å²) in [4.78, 5) is 48.4. The third-order valence-corrected chi connectivity index (χ3v) is 3.06. The molecule has 108 valence electrons. The van der Waals surface area contributed by atoms with Gasteiger partial charge in [-0.05, 0) is 24.6 Å². The zero-order valence-corrected chi connectivity index (χ0v) is 15.3. The summed E-state index contributed by atoms with van der Waals surface area (Å²) in [5.74, 6) is -2.92. The van der Waals surface area contributed by atoms with Crippen LogP contribution in [0.2, 0.25) is 0 Å². The Labute approximate surface area is 169 Å². The Balaban J connectivity index is 0.00000242. The van der Waals surface area contributed by atoms with E-state index in [2.05, 4.69) is 6.58 Å². The number of carbonyl (C=O) groups excluding carboxylic acids is 4. The number of likely N-dealkylation sites (N-methyl/N-ethyl adjacent to an activating group) is 1. The number of rotatable bonds is 3. The van der Waals surface area contributed by atoms with Gasteiger partial charge < -0.3 is 9.90 Å². The number of urea groups is 1. The zero-order chi connectivity index (χ0) is 15.7. The van der Waals surface area contributed by atoms with E-state index in [-0.39, 0.29) is 74.8 Å². The van der Waals surface area contributed by atoms with Gasteiger partial charge in [0.15, 0.2) is 0 Å². The minimum absolute atomic E-state index is 0. The van der Waals surface area contributed by atoms with Crippen molar-refractivity contribution < 1.29 is 75.7 Å². The molecule has 0 spiro atoms. The van der Waals surface area contributed by atoms with Gasteiger partial charge in [-0.25, -0.2) is 9.69 Å². The molecule has 7 nitrogen and oxygen atoms in total. The number of nitrogens with zero attached hydrogens (tertiary/aromatic N) is 2. The van der Waals surface area contributed by atoms with Crippen molar-refractivity contribution in [2.24, 2.45) is 0 Å². The second-order valence-corrected chi connectivity index (χ2v) is 4.29. The van der Waals surface area contributed by atoms with Crippen LogP contribution in [0, 0.1) is 0 Å². The molecule has 0 radical (unpaired) electrons. The summed E-state index contributed by atoms with van der Waals surface area (Å²) in [6.07, 6.45) is 0. The number of carboxylic acids is 1. The fourth-order valence-electron chi connectivity index (χ4n) is 1.94. The van der Waals surface area contributed by atoms with Gasteiger partial charge in [0.25, 0.3) is 11.8 Å². The van der Waals surface area contributed by atoms with Crippen molar-refractivity contribution in [3.05, 3.63) is 42.0 Å². The molecular formula is C14H11KN2O5. The number of hydrogen-bond acceptors (Lipinski definition) is 5. The van der Waals surface area contributed by atoms with Crippen molar-refractivity contribution in [2.75, 3.05) is 11.4 Å². The molecule has 1 aliphatic rings. The molecule has 1 aromatic carbocycles. The van der Waals surface area contributed by atoms with E-state index in [4.69, 9.17) is 0 Å². The number of aromatic carboxylic acids is 1.